The van der Waals surface area contributed by atoms with Crippen LogP contribution in [0.4, 0.5) is 4.79 Å². The van der Waals surface area contributed by atoms with Crippen molar-refractivity contribution in [1.82, 2.24) is 5.32 Å². The van der Waals surface area contributed by atoms with Gasteiger partial charge in [0, 0.05) is 12.5 Å². The van der Waals surface area contributed by atoms with Gasteiger partial charge < -0.3 is 14.6 Å². The molecule has 6 heteroatoms. The number of alkyl carbamates (subject to hydrolysis) is 1. The second kappa shape index (κ2) is 6.27. The lowest BCUT2D eigenvalue weighted by Gasteiger charge is -2.23. The van der Waals surface area contributed by atoms with Crippen molar-refractivity contribution >= 4 is 12.1 Å². The Morgan fingerprint density at radius 3 is 2.20 bits per heavy atom. The summed E-state index contributed by atoms with van der Waals surface area (Å²) in [4.78, 5) is 22.8. The van der Waals surface area contributed by atoms with Crippen molar-refractivity contribution in [3.8, 4) is 5.75 Å². The number of benzene rings is 1. The van der Waals surface area contributed by atoms with Crippen molar-refractivity contribution in [3.05, 3.63) is 29.8 Å². The van der Waals surface area contributed by atoms with E-state index in [1.807, 2.05) is 0 Å². The maximum absolute atomic E-state index is 11.7. The number of esters is 1. The summed E-state index contributed by atoms with van der Waals surface area (Å²) in [6.07, 6.45) is -1.67. The molecule has 0 bridgehead atoms. The van der Waals surface area contributed by atoms with Gasteiger partial charge in [-0.2, -0.15) is 0 Å². The molecule has 0 spiro atoms. The number of carbonyl (C=O) groups is 2. The molecule has 1 unspecified atom stereocenters. The third-order valence-corrected chi connectivity index (χ3v) is 2.13. The average Bonchev–Trinajstić information content (AvgIpc) is 2.25. The van der Waals surface area contributed by atoms with E-state index in [1.54, 1.807) is 32.9 Å². The first-order valence-electron chi connectivity index (χ1n) is 6.13. The maximum atomic E-state index is 11.7. The van der Waals surface area contributed by atoms with Crippen molar-refractivity contribution in [2.75, 3.05) is 0 Å². The molecule has 1 aromatic rings. The fourth-order valence-electron chi connectivity index (χ4n) is 1.41. The lowest BCUT2D eigenvalue weighted by molar-refractivity contribution is -0.148. The maximum Gasteiger partial charge on any atom is 0.410 e. The zero-order valence-corrected chi connectivity index (χ0v) is 12.0. The van der Waals surface area contributed by atoms with Crippen LogP contribution in [0.3, 0.4) is 0 Å². The van der Waals surface area contributed by atoms with Crippen molar-refractivity contribution in [1.29, 1.82) is 0 Å². The molecule has 0 aromatic heterocycles. The van der Waals surface area contributed by atoms with E-state index in [9.17, 15) is 14.7 Å². The monoisotopic (exact) mass is 281 g/mol. The topological polar surface area (TPSA) is 84.9 Å². The lowest BCUT2D eigenvalue weighted by atomic mass is 10.2. The van der Waals surface area contributed by atoms with Gasteiger partial charge in [0.2, 0.25) is 6.23 Å². The van der Waals surface area contributed by atoms with E-state index < -0.39 is 23.9 Å². The first-order valence-corrected chi connectivity index (χ1v) is 6.13. The molecule has 0 aliphatic heterocycles. The first kappa shape index (κ1) is 15.8. The van der Waals surface area contributed by atoms with Crippen LogP contribution in [0.1, 0.15) is 39.5 Å². The van der Waals surface area contributed by atoms with E-state index in [0.29, 0.717) is 5.56 Å². The Hall–Kier alpha value is -2.24. The van der Waals surface area contributed by atoms with Gasteiger partial charge in [0.05, 0.1) is 0 Å². The Balaban J connectivity index is 2.82. The zero-order valence-electron chi connectivity index (χ0n) is 12.0. The Morgan fingerprint density at radius 2 is 1.75 bits per heavy atom. The van der Waals surface area contributed by atoms with Crippen LogP contribution in [0, 0.1) is 0 Å². The van der Waals surface area contributed by atoms with Crippen LogP contribution in [0.5, 0.6) is 5.75 Å². The molecule has 1 amide bonds. The Morgan fingerprint density at radius 1 is 1.20 bits per heavy atom. The van der Waals surface area contributed by atoms with E-state index >= 15 is 0 Å². The van der Waals surface area contributed by atoms with Gasteiger partial charge in [-0.05, 0) is 45.0 Å². The minimum atomic E-state index is -0.969. The third kappa shape index (κ3) is 5.60. The summed E-state index contributed by atoms with van der Waals surface area (Å²) >= 11 is 0. The summed E-state index contributed by atoms with van der Waals surface area (Å²) < 4.78 is 10.1. The molecular weight excluding hydrogens is 262 g/mol. The lowest BCUT2D eigenvalue weighted by Crippen LogP contribution is -2.36. The summed E-state index contributed by atoms with van der Waals surface area (Å²) in [5, 5.41) is 11.7. The molecule has 1 rings (SSSR count). The largest absolute Gasteiger partial charge is 0.508 e. The highest BCUT2D eigenvalue weighted by Crippen LogP contribution is 2.19. The fourth-order valence-corrected chi connectivity index (χ4v) is 1.41. The molecule has 110 valence electrons. The van der Waals surface area contributed by atoms with Crippen molar-refractivity contribution < 1.29 is 24.2 Å². The molecule has 1 atom stereocenters. The quantitative estimate of drug-likeness (QED) is 0.656. The summed E-state index contributed by atoms with van der Waals surface area (Å²) in [6.45, 7) is 6.43. The second-order valence-corrected chi connectivity index (χ2v) is 5.23. The van der Waals surface area contributed by atoms with Gasteiger partial charge in [-0.25, -0.2) is 4.79 Å². The fraction of sp³-hybridized carbons (Fsp3) is 0.429. The molecule has 0 saturated heterocycles. The van der Waals surface area contributed by atoms with Crippen LogP contribution < -0.4 is 5.32 Å². The van der Waals surface area contributed by atoms with Crippen molar-refractivity contribution in [2.24, 2.45) is 0 Å². The van der Waals surface area contributed by atoms with Crippen molar-refractivity contribution in [2.45, 2.75) is 39.5 Å². The van der Waals surface area contributed by atoms with Crippen LogP contribution in [0.2, 0.25) is 0 Å². The summed E-state index contributed by atoms with van der Waals surface area (Å²) in [7, 11) is 0. The highest BCUT2D eigenvalue weighted by Gasteiger charge is 2.22. The molecule has 0 aliphatic carbocycles. The minimum Gasteiger partial charge on any atom is -0.508 e. The number of phenolic OH excluding ortho intramolecular Hbond substituents is 1. The highest BCUT2D eigenvalue weighted by atomic mass is 16.6. The van der Waals surface area contributed by atoms with E-state index in [0.717, 1.165) is 0 Å². The van der Waals surface area contributed by atoms with Crippen LogP contribution >= 0.6 is 0 Å². The second-order valence-electron chi connectivity index (χ2n) is 5.23. The van der Waals surface area contributed by atoms with Crippen LogP contribution in [0.15, 0.2) is 24.3 Å². The average molecular weight is 281 g/mol. The predicted molar refractivity (Wildman–Crippen MR) is 72.0 cm³/mol. The van der Waals surface area contributed by atoms with Gasteiger partial charge in [0.1, 0.15) is 11.4 Å². The molecular formula is C14H19NO5. The number of hydrogen-bond donors (Lipinski definition) is 2. The molecule has 0 saturated carbocycles. The van der Waals surface area contributed by atoms with Gasteiger partial charge in [0.25, 0.3) is 0 Å². The Bertz CT molecular complexity index is 475. The molecule has 0 fully saturated rings. The van der Waals surface area contributed by atoms with E-state index in [1.165, 1.54) is 19.1 Å². The third-order valence-electron chi connectivity index (χ3n) is 2.13. The molecule has 20 heavy (non-hydrogen) atoms. The Kier molecular flexibility index (Phi) is 4.96. The predicted octanol–water partition coefficient (Wildman–Crippen LogP) is 2.48. The van der Waals surface area contributed by atoms with E-state index in [4.69, 9.17) is 9.47 Å². The van der Waals surface area contributed by atoms with E-state index in [2.05, 4.69) is 5.32 Å². The SMILES string of the molecule is CC(=O)OC(NC(=O)OC(C)(C)C)c1ccc(O)cc1. The van der Waals surface area contributed by atoms with Crippen LogP contribution in [-0.2, 0) is 14.3 Å². The van der Waals surface area contributed by atoms with Gasteiger partial charge in [-0.1, -0.05) is 0 Å². The smallest absolute Gasteiger partial charge is 0.410 e. The number of aromatic hydroxyl groups is 1. The standard InChI is InChI=1S/C14H19NO5/c1-9(16)19-12(10-5-7-11(17)8-6-10)15-13(18)20-14(2,3)4/h5-8,12,17H,1-4H3,(H,15,18). The molecule has 0 aliphatic rings. The molecule has 0 heterocycles. The van der Waals surface area contributed by atoms with Gasteiger partial charge in [0.15, 0.2) is 0 Å². The van der Waals surface area contributed by atoms with Gasteiger partial charge >= 0.3 is 12.1 Å². The summed E-state index contributed by atoms with van der Waals surface area (Å²) in [5.41, 5.74) is -0.136. The number of nitrogens with one attached hydrogen (secondary N) is 1. The zero-order chi connectivity index (χ0) is 15.3. The highest BCUT2D eigenvalue weighted by molar-refractivity contribution is 5.70. The van der Waals surface area contributed by atoms with Crippen molar-refractivity contribution in [3.63, 3.8) is 0 Å². The number of amides is 1. The minimum absolute atomic E-state index is 0.0765. The molecule has 2 N–H and O–H groups in total. The number of ether oxygens (including phenoxy) is 2. The van der Waals surface area contributed by atoms with E-state index in [-0.39, 0.29) is 5.75 Å². The normalized spacial score (nSPS) is 12.4. The number of phenols is 1. The summed E-state index contributed by atoms with van der Waals surface area (Å²) in [6, 6.07) is 5.95. The first-order chi connectivity index (χ1) is 9.17. The number of rotatable bonds is 3. The van der Waals surface area contributed by atoms with Gasteiger partial charge in [-0.15, -0.1) is 0 Å². The van der Waals surface area contributed by atoms with Gasteiger partial charge in [-0.3, -0.25) is 10.1 Å². The number of hydrogen-bond acceptors (Lipinski definition) is 5. The Labute approximate surface area is 117 Å². The number of carbonyl (C=O) groups excluding carboxylic acids is 2. The molecule has 1 aromatic carbocycles. The summed E-state index contributed by atoms with van der Waals surface area (Å²) in [5.74, 6) is -0.466. The molecule has 0 radical (unpaired) electrons. The molecule has 6 nitrogen and oxygen atoms in total. The van der Waals surface area contributed by atoms with Crippen LogP contribution in [-0.4, -0.2) is 22.8 Å². The van der Waals surface area contributed by atoms with Crippen LogP contribution in [0.25, 0.3) is 0 Å².